The molecule has 0 aromatic heterocycles. The molecule has 2 aromatic rings. The molecule has 0 amide bonds. The predicted molar refractivity (Wildman–Crippen MR) is 91.4 cm³/mol. The number of carbonyl (C=O) groups excluding carboxylic acids is 1. The van der Waals surface area contributed by atoms with Crippen LogP contribution in [0.5, 0.6) is 0 Å². The fourth-order valence-corrected chi connectivity index (χ4v) is 3.15. The largest absolute Gasteiger partial charge is 0.463 e. The van der Waals surface area contributed by atoms with Gasteiger partial charge in [-0.15, -0.1) is 0 Å². The van der Waals surface area contributed by atoms with Crippen LogP contribution in [0.4, 0.5) is 0 Å². The van der Waals surface area contributed by atoms with Gasteiger partial charge in [-0.2, -0.15) is 0 Å². The van der Waals surface area contributed by atoms with Crippen LogP contribution in [-0.2, 0) is 15.2 Å². The molecule has 126 valence electrons. The summed E-state index contributed by atoms with van der Waals surface area (Å²) >= 11 is 6.15. The van der Waals surface area contributed by atoms with Gasteiger partial charge < -0.3 is 9.84 Å². The fraction of sp³-hybridized carbons (Fsp3) is 0.278. The molecule has 1 saturated heterocycles. The third-order valence-corrected chi connectivity index (χ3v) is 4.32. The molecule has 0 bridgehead atoms. The Morgan fingerprint density at radius 2 is 1.92 bits per heavy atom. The number of benzene rings is 2. The van der Waals surface area contributed by atoms with Crippen LogP contribution in [0.1, 0.15) is 18.1 Å². The van der Waals surface area contributed by atoms with Crippen LogP contribution in [-0.4, -0.2) is 30.0 Å². The van der Waals surface area contributed by atoms with E-state index < -0.39 is 17.4 Å². The second kappa shape index (κ2) is 6.53. The van der Waals surface area contributed by atoms with Gasteiger partial charge >= 0.3 is 5.97 Å². The standard InChI is InChI=1S/C18H19ClN2O3/c1-2-24-16(22)17(23)12-20-18(21-17,13-7-4-3-5-8-13)14-9-6-10-15(19)11-14/h3-11,20-21,23H,2,12H2,1H3. The van der Waals surface area contributed by atoms with Gasteiger partial charge in [0.2, 0.25) is 5.72 Å². The van der Waals surface area contributed by atoms with E-state index in [4.69, 9.17) is 16.3 Å². The van der Waals surface area contributed by atoms with Crippen molar-refractivity contribution in [2.45, 2.75) is 18.3 Å². The van der Waals surface area contributed by atoms with Crippen molar-refractivity contribution >= 4 is 17.6 Å². The molecule has 1 fully saturated rings. The summed E-state index contributed by atoms with van der Waals surface area (Å²) in [5.41, 5.74) is -1.13. The highest BCUT2D eigenvalue weighted by atomic mass is 35.5. The van der Waals surface area contributed by atoms with Crippen molar-refractivity contribution in [1.82, 2.24) is 10.6 Å². The van der Waals surface area contributed by atoms with Gasteiger partial charge in [0.05, 0.1) is 13.2 Å². The molecule has 0 spiro atoms. The quantitative estimate of drug-likeness (QED) is 0.739. The molecule has 0 radical (unpaired) electrons. The maximum Gasteiger partial charge on any atom is 0.355 e. The van der Waals surface area contributed by atoms with E-state index in [9.17, 15) is 9.90 Å². The number of β-amino-alcohol motifs (C(OH)–C–C–N with tert-alkyl or cyclic N) is 1. The van der Waals surface area contributed by atoms with Crippen LogP contribution in [0.25, 0.3) is 0 Å². The summed E-state index contributed by atoms with van der Waals surface area (Å²) in [6, 6.07) is 16.8. The van der Waals surface area contributed by atoms with Crippen molar-refractivity contribution in [1.29, 1.82) is 0 Å². The van der Waals surface area contributed by atoms with Crippen molar-refractivity contribution in [2.75, 3.05) is 13.2 Å². The summed E-state index contributed by atoms with van der Waals surface area (Å²) in [4.78, 5) is 12.2. The van der Waals surface area contributed by atoms with Gasteiger partial charge in [-0.25, -0.2) is 4.79 Å². The Morgan fingerprint density at radius 3 is 2.58 bits per heavy atom. The molecular formula is C18H19ClN2O3. The van der Waals surface area contributed by atoms with Gasteiger partial charge in [0.1, 0.15) is 5.66 Å². The zero-order valence-corrected chi connectivity index (χ0v) is 14.0. The molecule has 1 heterocycles. The van der Waals surface area contributed by atoms with Gasteiger partial charge in [0, 0.05) is 5.02 Å². The van der Waals surface area contributed by atoms with Gasteiger partial charge in [-0.1, -0.05) is 54.1 Å². The lowest BCUT2D eigenvalue weighted by Gasteiger charge is -2.33. The molecule has 0 saturated carbocycles. The first-order chi connectivity index (χ1) is 11.5. The number of nitrogens with one attached hydrogen (secondary N) is 2. The molecule has 6 heteroatoms. The third-order valence-electron chi connectivity index (χ3n) is 4.08. The number of hydrogen-bond acceptors (Lipinski definition) is 5. The predicted octanol–water partition coefficient (Wildman–Crippen LogP) is 1.99. The number of rotatable bonds is 4. The molecule has 1 aliphatic heterocycles. The van der Waals surface area contributed by atoms with Crippen LogP contribution in [0.3, 0.4) is 0 Å². The lowest BCUT2D eigenvalue weighted by molar-refractivity contribution is -0.166. The van der Waals surface area contributed by atoms with Crippen molar-refractivity contribution in [3.8, 4) is 0 Å². The number of hydrogen-bond donors (Lipinski definition) is 3. The van der Waals surface area contributed by atoms with Gasteiger partial charge in [0.25, 0.3) is 0 Å². The van der Waals surface area contributed by atoms with Crippen LogP contribution in [0.15, 0.2) is 54.6 Å². The number of aliphatic hydroxyl groups is 1. The molecule has 2 unspecified atom stereocenters. The van der Waals surface area contributed by atoms with Crippen molar-refractivity contribution in [2.24, 2.45) is 0 Å². The molecular weight excluding hydrogens is 328 g/mol. The molecule has 2 aromatic carbocycles. The van der Waals surface area contributed by atoms with Crippen LogP contribution < -0.4 is 10.6 Å². The van der Waals surface area contributed by atoms with E-state index >= 15 is 0 Å². The Kier molecular flexibility index (Phi) is 4.60. The minimum absolute atomic E-state index is 0.00718. The Labute approximate surface area is 145 Å². The lowest BCUT2D eigenvalue weighted by Crippen LogP contribution is -2.56. The third kappa shape index (κ3) is 2.91. The smallest absolute Gasteiger partial charge is 0.355 e. The average molecular weight is 347 g/mol. The van der Waals surface area contributed by atoms with E-state index in [1.54, 1.807) is 19.1 Å². The first-order valence-electron chi connectivity index (χ1n) is 7.76. The van der Waals surface area contributed by atoms with Crippen molar-refractivity contribution in [3.05, 3.63) is 70.7 Å². The highest BCUT2D eigenvalue weighted by Crippen LogP contribution is 2.34. The van der Waals surface area contributed by atoms with Crippen LogP contribution in [0, 0.1) is 0 Å². The Balaban J connectivity index is 2.08. The number of ether oxygens (including phenoxy) is 1. The summed E-state index contributed by atoms with van der Waals surface area (Å²) < 4.78 is 5.00. The van der Waals surface area contributed by atoms with E-state index in [1.807, 2.05) is 42.5 Å². The fourth-order valence-electron chi connectivity index (χ4n) is 2.96. The van der Waals surface area contributed by atoms with Crippen LogP contribution >= 0.6 is 11.6 Å². The van der Waals surface area contributed by atoms with Crippen molar-refractivity contribution in [3.63, 3.8) is 0 Å². The summed E-state index contributed by atoms with van der Waals surface area (Å²) in [5, 5.41) is 17.6. The van der Waals surface area contributed by atoms with E-state index in [1.165, 1.54) is 0 Å². The maximum absolute atomic E-state index is 12.2. The highest BCUT2D eigenvalue weighted by Gasteiger charge is 2.53. The van der Waals surface area contributed by atoms with E-state index in [2.05, 4.69) is 10.6 Å². The number of carbonyl (C=O) groups is 1. The van der Waals surface area contributed by atoms with E-state index in [0.717, 1.165) is 11.1 Å². The monoisotopic (exact) mass is 346 g/mol. The maximum atomic E-state index is 12.2. The highest BCUT2D eigenvalue weighted by molar-refractivity contribution is 6.30. The molecule has 5 nitrogen and oxygen atoms in total. The van der Waals surface area contributed by atoms with Crippen molar-refractivity contribution < 1.29 is 14.6 Å². The van der Waals surface area contributed by atoms with E-state index in [-0.39, 0.29) is 13.2 Å². The average Bonchev–Trinajstić information content (AvgIpc) is 2.97. The Hall–Kier alpha value is -1.92. The van der Waals surface area contributed by atoms with Gasteiger partial charge in [-0.3, -0.25) is 10.6 Å². The molecule has 2 atom stereocenters. The Morgan fingerprint density at radius 1 is 1.21 bits per heavy atom. The molecule has 0 aliphatic carbocycles. The summed E-state index contributed by atoms with van der Waals surface area (Å²) in [7, 11) is 0. The lowest BCUT2D eigenvalue weighted by atomic mass is 9.91. The molecule has 1 aliphatic rings. The second-order valence-electron chi connectivity index (χ2n) is 5.69. The molecule has 3 rings (SSSR count). The molecule has 3 N–H and O–H groups in total. The van der Waals surface area contributed by atoms with E-state index in [0.29, 0.717) is 5.02 Å². The van der Waals surface area contributed by atoms with Gasteiger partial charge in [0.15, 0.2) is 0 Å². The topological polar surface area (TPSA) is 70.6 Å². The normalized spacial score (nSPS) is 26.3. The SMILES string of the molecule is CCOC(=O)C1(O)CNC(c2ccccc2)(c2cccc(Cl)c2)N1. The number of esters is 1. The first-order valence-corrected chi connectivity index (χ1v) is 8.13. The summed E-state index contributed by atoms with van der Waals surface area (Å²) in [5.74, 6) is -0.711. The summed E-state index contributed by atoms with van der Waals surface area (Å²) in [6.07, 6.45) is 0. The zero-order chi connectivity index (χ0) is 17.2. The number of halogens is 1. The second-order valence-corrected chi connectivity index (χ2v) is 6.12. The van der Waals surface area contributed by atoms with Crippen LogP contribution in [0.2, 0.25) is 5.02 Å². The minimum Gasteiger partial charge on any atom is -0.463 e. The summed E-state index contributed by atoms with van der Waals surface area (Å²) in [6.45, 7) is 1.90. The minimum atomic E-state index is -1.83. The van der Waals surface area contributed by atoms with Gasteiger partial charge in [-0.05, 0) is 30.2 Å². The Bertz CT molecular complexity index is 740. The molecule has 24 heavy (non-hydrogen) atoms. The first kappa shape index (κ1) is 16.9. The zero-order valence-electron chi connectivity index (χ0n) is 13.3.